The highest BCUT2D eigenvalue weighted by molar-refractivity contribution is 5.85. The van der Waals surface area contributed by atoms with E-state index in [1.807, 2.05) is 0 Å². The van der Waals surface area contributed by atoms with Crippen LogP contribution >= 0.6 is 24.8 Å². The maximum Gasteiger partial charge on any atom is 0.129 e. The van der Waals surface area contributed by atoms with Crippen LogP contribution in [0.5, 0.6) is 0 Å². The number of rotatable bonds is 4. The first-order valence-corrected chi connectivity index (χ1v) is 5.55. The maximum absolute atomic E-state index is 13.1. The Morgan fingerprint density at radius 1 is 1.33 bits per heavy atom. The Balaban J connectivity index is 0.00000144. The van der Waals surface area contributed by atoms with E-state index in [-0.39, 0.29) is 37.5 Å². The highest BCUT2D eigenvalue weighted by Crippen LogP contribution is 2.23. The van der Waals surface area contributed by atoms with Crippen molar-refractivity contribution in [1.29, 1.82) is 0 Å². The molecule has 2 N–H and O–H groups in total. The van der Waals surface area contributed by atoms with Crippen molar-refractivity contribution in [2.45, 2.75) is 12.6 Å². The Hall–Kier alpha value is -0.330. The van der Waals surface area contributed by atoms with Crippen molar-refractivity contribution in [3.05, 3.63) is 23.7 Å². The normalized spacial score (nSPS) is 17.7. The summed E-state index contributed by atoms with van der Waals surface area (Å²) in [5, 5.41) is 12.1. The zero-order valence-electron chi connectivity index (χ0n) is 9.97. The van der Waals surface area contributed by atoms with Crippen LogP contribution in [0, 0.1) is 0 Å². The van der Waals surface area contributed by atoms with Crippen LogP contribution in [-0.2, 0) is 6.61 Å². The second-order valence-electron chi connectivity index (χ2n) is 3.92. The number of halogens is 3. The molecule has 106 valence electrons. The van der Waals surface area contributed by atoms with Gasteiger partial charge in [-0.05, 0) is 12.1 Å². The standard InChI is InChI=1S/C11H17FN2O2.2ClH/c12-7-10(14-5-3-13-4-6-14)11-2-1-9(8-15)16-11;;/h1-2,10,13,15H,3-8H2;2*1H/t10-;;/m1../s1. The summed E-state index contributed by atoms with van der Waals surface area (Å²) in [6.07, 6.45) is 0. The third kappa shape index (κ3) is 4.10. The van der Waals surface area contributed by atoms with Gasteiger partial charge in [-0.15, -0.1) is 24.8 Å². The number of furan rings is 1. The van der Waals surface area contributed by atoms with Gasteiger partial charge in [0.25, 0.3) is 0 Å². The monoisotopic (exact) mass is 300 g/mol. The van der Waals surface area contributed by atoms with Crippen LogP contribution in [0.4, 0.5) is 4.39 Å². The molecule has 1 aromatic heterocycles. The summed E-state index contributed by atoms with van der Waals surface area (Å²) >= 11 is 0. The number of aliphatic hydroxyl groups excluding tert-OH is 1. The zero-order chi connectivity index (χ0) is 11.4. The van der Waals surface area contributed by atoms with E-state index in [2.05, 4.69) is 10.2 Å². The van der Waals surface area contributed by atoms with Gasteiger partial charge >= 0.3 is 0 Å². The Morgan fingerprint density at radius 2 is 2.00 bits per heavy atom. The van der Waals surface area contributed by atoms with Gasteiger partial charge in [0.1, 0.15) is 24.8 Å². The minimum absolute atomic E-state index is 0. The number of piperazine rings is 1. The quantitative estimate of drug-likeness (QED) is 0.885. The number of hydrogen-bond acceptors (Lipinski definition) is 4. The molecule has 0 aromatic carbocycles. The van der Waals surface area contributed by atoms with Crippen LogP contribution in [-0.4, -0.2) is 42.9 Å². The van der Waals surface area contributed by atoms with Gasteiger partial charge in [-0.2, -0.15) is 0 Å². The summed E-state index contributed by atoms with van der Waals surface area (Å²) in [7, 11) is 0. The van der Waals surface area contributed by atoms with Crippen LogP contribution in [0.1, 0.15) is 17.6 Å². The molecule has 2 rings (SSSR count). The molecule has 18 heavy (non-hydrogen) atoms. The molecule has 1 aromatic rings. The number of aliphatic hydroxyl groups is 1. The fourth-order valence-corrected chi connectivity index (χ4v) is 2.01. The van der Waals surface area contributed by atoms with Crippen molar-refractivity contribution in [2.75, 3.05) is 32.9 Å². The van der Waals surface area contributed by atoms with Gasteiger partial charge in [0.15, 0.2) is 0 Å². The third-order valence-electron chi connectivity index (χ3n) is 2.91. The molecule has 0 amide bonds. The van der Waals surface area contributed by atoms with Gasteiger partial charge in [0, 0.05) is 26.2 Å². The van der Waals surface area contributed by atoms with E-state index in [1.165, 1.54) is 0 Å². The number of hydrogen-bond donors (Lipinski definition) is 2. The van der Waals surface area contributed by atoms with Gasteiger partial charge in [-0.1, -0.05) is 0 Å². The molecule has 0 spiro atoms. The summed E-state index contributed by atoms with van der Waals surface area (Å²) in [6.45, 7) is 2.81. The lowest BCUT2D eigenvalue weighted by Gasteiger charge is -2.32. The van der Waals surface area contributed by atoms with Gasteiger partial charge in [0.2, 0.25) is 0 Å². The van der Waals surface area contributed by atoms with Crippen molar-refractivity contribution in [2.24, 2.45) is 0 Å². The molecular formula is C11H19Cl2FN2O2. The van der Waals surface area contributed by atoms with Crippen molar-refractivity contribution < 1.29 is 13.9 Å². The second kappa shape index (κ2) is 8.72. The van der Waals surface area contributed by atoms with Crippen LogP contribution < -0.4 is 5.32 Å². The van der Waals surface area contributed by atoms with Crippen LogP contribution in [0.2, 0.25) is 0 Å². The number of nitrogens with one attached hydrogen (secondary N) is 1. The van der Waals surface area contributed by atoms with E-state index in [0.717, 1.165) is 26.2 Å². The number of nitrogens with zero attached hydrogens (tertiary/aromatic N) is 1. The average Bonchev–Trinajstić information content (AvgIpc) is 2.80. The predicted molar refractivity (Wildman–Crippen MR) is 72.3 cm³/mol. The summed E-state index contributed by atoms with van der Waals surface area (Å²) in [4.78, 5) is 2.07. The summed E-state index contributed by atoms with van der Waals surface area (Å²) < 4.78 is 18.4. The maximum atomic E-state index is 13.1. The third-order valence-corrected chi connectivity index (χ3v) is 2.91. The van der Waals surface area contributed by atoms with Crippen molar-refractivity contribution in [1.82, 2.24) is 10.2 Å². The van der Waals surface area contributed by atoms with E-state index in [0.29, 0.717) is 11.5 Å². The van der Waals surface area contributed by atoms with Crippen molar-refractivity contribution in [3.63, 3.8) is 0 Å². The fraction of sp³-hybridized carbons (Fsp3) is 0.636. The second-order valence-corrected chi connectivity index (χ2v) is 3.92. The van der Waals surface area contributed by atoms with Gasteiger partial charge in [0.05, 0.1) is 6.04 Å². The lowest BCUT2D eigenvalue weighted by atomic mass is 10.2. The molecule has 0 aliphatic carbocycles. The summed E-state index contributed by atoms with van der Waals surface area (Å²) in [5.74, 6) is 1.09. The highest BCUT2D eigenvalue weighted by atomic mass is 35.5. The average molecular weight is 301 g/mol. The molecule has 0 unspecified atom stereocenters. The van der Waals surface area contributed by atoms with Crippen molar-refractivity contribution in [3.8, 4) is 0 Å². The molecule has 1 atom stereocenters. The Morgan fingerprint density at radius 3 is 2.50 bits per heavy atom. The van der Waals surface area contributed by atoms with Gasteiger partial charge in [-0.3, -0.25) is 4.90 Å². The van der Waals surface area contributed by atoms with E-state index < -0.39 is 6.67 Å². The van der Waals surface area contributed by atoms with E-state index >= 15 is 0 Å². The lowest BCUT2D eigenvalue weighted by molar-refractivity contribution is 0.125. The SMILES string of the molecule is Cl.Cl.OCc1ccc([C@@H](CF)N2CCNCC2)o1. The molecule has 0 bridgehead atoms. The summed E-state index contributed by atoms with van der Waals surface area (Å²) in [6, 6.07) is 3.13. The fourth-order valence-electron chi connectivity index (χ4n) is 2.01. The summed E-state index contributed by atoms with van der Waals surface area (Å²) in [5.41, 5.74) is 0. The Labute approximate surface area is 118 Å². The van der Waals surface area contributed by atoms with Gasteiger partial charge in [-0.25, -0.2) is 4.39 Å². The topological polar surface area (TPSA) is 48.6 Å². The first-order valence-electron chi connectivity index (χ1n) is 5.55. The Bertz CT molecular complexity index is 333. The molecule has 1 aliphatic heterocycles. The van der Waals surface area contributed by atoms with Crippen LogP contribution in [0.25, 0.3) is 0 Å². The van der Waals surface area contributed by atoms with E-state index in [1.54, 1.807) is 12.1 Å². The molecule has 0 saturated carbocycles. The minimum Gasteiger partial charge on any atom is -0.462 e. The van der Waals surface area contributed by atoms with E-state index in [4.69, 9.17) is 9.52 Å². The molecule has 1 aliphatic rings. The number of alkyl halides is 1. The molecular weight excluding hydrogens is 282 g/mol. The largest absolute Gasteiger partial charge is 0.462 e. The zero-order valence-corrected chi connectivity index (χ0v) is 11.6. The smallest absolute Gasteiger partial charge is 0.129 e. The lowest BCUT2D eigenvalue weighted by Crippen LogP contribution is -2.45. The molecule has 1 saturated heterocycles. The highest BCUT2D eigenvalue weighted by Gasteiger charge is 2.24. The van der Waals surface area contributed by atoms with E-state index in [9.17, 15) is 4.39 Å². The molecule has 0 radical (unpaired) electrons. The van der Waals surface area contributed by atoms with Crippen molar-refractivity contribution >= 4 is 24.8 Å². The first-order chi connectivity index (χ1) is 7.85. The van der Waals surface area contributed by atoms with Crippen LogP contribution in [0.15, 0.2) is 16.5 Å². The molecule has 4 nitrogen and oxygen atoms in total. The molecule has 1 fully saturated rings. The predicted octanol–water partition coefficient (Wildman–Crippen LogP) is 1.53. The first kappa shape index (κ1) is 17.7. The minimum atomic E-state index is -0.460. The molecule has 7 heteroatoms. The molecule has 2 heterocycles. The Kier molecular flexibility index (Phi) is 8.56. The van der Waals surface area contributed by atoms with Gasteiger partial charge < -0.3 is 14.8 Å². The van der Waals surface area contributed by atoms with Crippen LogP contribution in [0.3, 0.4) is 0 Å².